The van der Waals surface area contributed by atoms with Gasteiger partial charge in [-0.25, -0.2) is 9.78 Å². The van der Waals surface area contributed by atoms with E-state index in [0.29, 0.717) is 18.4 Å². The first kappa shape index (κ1) is 20.4. The predicted octanol–water partition coefficient (Wildman–Crippen LogP) is 4.71. The number of anilines is 2. The van der Waals surface area contributed by atoms with Gasteiger partial charge in [-0.2, -0.15) is 4.98 Å². The summed E-state index contributed by atoms with van der Waals surface area (Å²) in [6.07, 6.45) is 1.28. The van der Waals surface area contributed by atoms with Crippen molar-refractivity contribution in [2.75, 3.05) is 23.9 Å². The number of rotatable bonds is 6. The molecule has 150 valence electrons. The molecule has 0 radical (unpaired) electrons. The average molecular weight is 449 g/mol. The minimum absolute atomic E-state index is 0.0361. The molecule has 2 atom stereocenters. The Labute approximate surface area is 173 Å². The first-order valence-electron chi connectivity index (χ1n) is 9.21. The van der Waals surface area contributed by atoms with Crippen LogP contribution in [-0.4, -0.2) is 35.8 Å². The number of amides is 1. The molecule has 8 heteroatoms. The normalized spacial score (nSPS) is 17.6. The molecule has 1 fully saturated rings. The molecule has 1 aliphatic rings. The van der Waals surface area contributed by atoms with Gasteiger partial charge in [0.15, 0.2) is 0 Å². The molecular weight excluding hydrogens is 424 g/mol. The van der Waals surface area contributed by atoms with E-state index in [1.165, 1.54) is 0 Å². The number of nitrogens with one attached hydrogen (secondary N) is 1. The predicted molar refractivity (Wildman–Crippen MR) is 112 cm³/mol. The molecule has 0 saturated carbocycles. The first-order valence-corrected chi connectivity index (χ1v) is 10.0. The Balaban J connectivity index is 1.83. The molecule has 1 saturated heterocycles. The van der Waals surface area contributed by atoms with E-state index in [2.05, 4.69) is 51.1 Å². The summed E-state index contributed by atoms with van der Waals surface area (Å²) in [5.41, 5.74) is 2.13. The number of aromatic nitrogens is 2. The molecule has 2 heterocycles. The Kier molecular flexibility index (Phi) is 6.07. The summed E-state index contributed by atoms with van der Waals surface area (Å²) in [5, 5.41) is 3.31. The van der Waals surface area contributed by atoms with Crippen molar-refractivity contribution in [2.45, 2.75) is 39.8 Å². The summed E-state index contributed by atoms with van der Waals surface area (Å²) < 4.78 is 11.6. The lowest BCUT2D eigenvalue weighted by Gasteiger charge is -2.24. The van der Waals surface area contributed by atoms with Gasteiger partial charge in [-0.05, 0) is 59.0 Å². The summed E-state index contributed by atoms with van der Waals surface area (Å²) in [4.78, 5) is 22.7. The zero-order valence-electron chi connectivity index (χ0n) is 16.7. The molecule has 1 aromatic heterocycles. The summed E-state index contributed by atoms with van der Waals surface area (Å²) in [6, 6.07) is 5.70. The topological polar surface area (TPSA) is 76.6 Å². The third-order valence-corrected chi connectivity index (χ3v) is 5.89. The highest BCUT2D eigenvalue weighted by Crippen LogP contribution is 2.33. The fourth-order valence-electron chi connectivity index (χ4n) is 3.18. The molecule has 1 amide bonds. The number of methoxy groups -OCH3 is 1. The maximum atomic E-state index is 12.2. The summed E-state index contributed by atoms with van der Waals surface area (Å²) in [6.45, 7) is 8.54. The number of benzene rings is 1. The zero-order valence-corrected chi connectivity index (χ0v) is 18.3. The molecule has 1 aromatic carbocycles. The molecule has 0 aliphatic carbocycles. The van der Waals surface area contributed by atoms with Crippen molar-refractivity contribution in [3.63, 3.8) is 0 Å². The van der Waals surface area contributed by atoms with E-state index in [-0.39, 0.29) is 24.1 Å². The zero-order chi connectivity index (χ0) is 20.4. The number of nitrogens with zero attached hydrogens (tertiary/aromatic N) is 3. The quantitative estimate of drug-likeness (QED) is 0.689. The fourth-order valence-corrected chi connectivity index (χ4v) is 3.57. The van der Waals surface area contributed by atoms with Crippen molar-refractivity contribution in [3.05, 3.63) is 40.0 Å². The molecule has 0 spiro atoms. The van der Waals surface area contributed by atoms with Crippen molar-refractivity contribution < 1.29 is 14.3 Å². The van der Waals surface area contributed by atoms with Crippen LogP contribution in [-0.2, 0) is 4.74 Å². The van der Waals surface area contributed by atoms with Crippen molar-refractivity contribution in [2.24, 2.45) is 5.92 Å². The van der Waals surface area contributed by atoms with E-state index in [9.17, 15) is 4.79 Å². The standard InChI is InChI=1S/C20H25BrN4O3/c1-11(2)15-10-28-20(26)25(15)17-6-7-22-19(24-17)23-13(4)14-8-12(3)18(21)16(9-14)27-5/h6-9,11,13,15H,10H2,1-5H3,(H,22,23,24)/t13-,15+/m0/s1. The van der Waals surface area contributed by atoms with Crippen LogP contribution in [0.25, 0.3) is 0 Å². The number of hydrogen-bond donors (Lipinski definition) is 1. The van der Waals surface area contributed by atoms with Gasteiger partial charge in [-0.3, -0.25) is 4.90 Å². The van der Waals surface area contributed by atoms with E-state index >= 15 is 0 Å². The maximum absolute atomic E-state index is 12.2. The van der Waals surface area contributed by atoms with Crippen LogP contribution in [0.3, 0.4) is 0 Å². The molecule has 0 bridgehead atoms. The Morgan fingerprint density at radius 3 is 2.79 bits per heavy atom. The monoisotopic (exact) mass is 448 g/mol. The van der Waals surface area contributed by atoms with Crippen LogP contribution in [0, 0.1) is 12.8 Å². The summed E-state index contributed by atoms with van der Waals surface area (Å²) in [5.74, 6) is 2.02. The van der Waals surface area contributed by atoms with Crippen LogP contribution in [0.1, 0.15) is 37.9 Å². The minimum Gasteiger partial charge on any atom is -0.496 e. The van der Waals surface area contributed by atoms with Gasteiger partial charge >= 0.3 is 6.09 Å². The number of carbonyl (C=O) groups is 1. The lowest BCUT2D eigenvalue weighted by molar-refractivity contribution is 0.177. The first-order chi connectivity index (χ1) is 13.3. The third-order valence-electron chi connectivity index (χ3n) is 4.87. The van der Waals surface area contributed by atoms with Gasteiger partial charge in [0.25, 0.3) is 0 Å². The van der Waals surface area contributed by atoms with Gasteiger partial charge in [0.1, 0.15) is 18.2 Å². The molecule has 28 heavy (non-hydrogen) atoms. The van der Waals surface area contributed by atoms with E-state index in [0.717, 1.165) is 21.3 Å². The summed E-state index contributed by atoms with van der Waals surface area (Å²) in [7, 11) is 1.65. The molecule has 0 unspecified atom stereocenters. The lowest BCUT2D eigenvalue weighted by Crippen LogP contribution is -2.37. The molecular formula is C20H25BrN4O3. The fraction of sp³-hybridized carbons (Fsp3) is 0.450. The number of halogens is 1. The highest BCUT2D eigenvalue weighted by Gasteiger charge is 2.37. The Morgan fingerprint density at radius 2 is 2.11 bits per heavy atom. The SMILES string of the molecule is COc1cc([C@H](C)Nc2nccc(N3C(=O)OC[C@@H]3C(C)C)n2)cc(C)c1Br. The van der Waals surface area contributed by atoms with Crippen LogP contribution < -0.4 is 15.0 Å². The number of carbonyl (C=O) groups excluding carboxylic acids is 1. The molecule has 1 aliphatic heterocycles. The lowest BCUT2D eigenvalue weighted by atomic mass is 10.0. The second kappa shape index (κ2) is 8.34. The smallest absolute Gasteiger partial charge is 0.415 e. The number of hydrogen-bond acceptors (Lipinski definition) is 6. The van der Waals surface area contributed by atoms with Crippen molar-refractivity contribution >= 4 is 33.8 Å². The van der Waals surface area contributed by atoms with Crippen molar-refractivity contribution in [1.29, 1.82) is 0 Å². The van der Waals surface area contributed by atoms with Gasteiger partial charge in [0.05, 0.1) is 23.7 Å². The molecule has 3 rings (SSSR count). The van der Waals surface area contributed by atoms with Gasteiger partial charge in [-0.15, -0.1) is 0 Å². The van der Waals surface area contributed by atoms with Gasteiger partial charge in [-0.1, -0.05) is 19.9 Å². The van der Waals surface area contributed by atoms with Crippen molar-refractivity contribution in [3.8, 4) is 5.75 Å². The Hall–Kier alpha value is -2.35. The highest BCUT2D eigenvalue weighted by atomic mass is 79.9. The average Bonchev–Trinajstić information content (AvgIpc) is 3.05. The molecule has 1 N–H and O–H groups in total. The second-order valence-electron chi connectivity index (χ2n) is 7.22. The largest absolute Gasteiger partial charge is 0.496 e. The highest BCUT2D eigenvalue weighted by molar-refractivity contribution is 9.10. The van der Waals surface area contributed by atoms with E-state index in [1.807, 2.05) is 19.9 Å². The van der Waals surface area contributed by atoms with Gasteiger partial charge < -0.3 is 14.8 Å². The number of aryl methyl sites for hydroxylation is 1. The van der Waals surface area contributed by atoms with E-state index in [1.54, 1.807) is 24.3 Å². The molecule has 7 nitrogen and oxygen atoms in total. The summed E-state index contributed by atoms with van der Waals surface area (Å²) >= 11 is 3.54. The van der Waals surface area contributed by atoms with Gasteiger partial charge in [0, 0.05) is 6.20 Å². The molecule has 2 aromatic rings. The van der Waals surface area contributed by atoms with Crippen LogP contribution in [0.4, 0.5) is 16.6 Å². The van der Waals surface area contributed by atoms with E-state index in [4.69, 9.17) is 9.47 Å². The van der Waals surface area contributed by atoms with Crippen LogP contribution in [0.2, 0.25) is 0 Å². The van der Waals surface area contributed by atoms with Crippen LogP contribution in [0.15, 0.2) is 28.9 Å². The number of ether oxygens (including phenoxy) is 2. The third kappa shape index (κ3) is 4.06. The maximum Gasteiger partial charge on any atom is 0.415 e. The van der Waals surface area contributed by atoms with Gasteiger partial charge in [0.2, 0.25) is 5.95 Å². The second-order valence-corrected chi connectivity index (χ2v) is 8.01. The van der Waals surface area contributed by atoms with E-state index < -0.39 is 0 Å². The van der Waals surface area contributed by atoms with Crippen LogP contribution >= 0.6 is 15.9 Å². The number of cyclic esters (lactones) is 1. The minimum atomic E-state index is -0.371. The van der Waals surface area contributed by atoms with Crippen molar-refractivity contribution in [1.82, 2.24) is 9.97 Å². The Morgan fingerprint density at radius 1 is 1.36 bits per heavy atom. The van der Waals surface area contributed by atoms with Crippen LogP contribution in [0.5, 0.6) is 5.75 Å². The Bertz CT molecular complexity index is 875.